The molecule has 1 amide bonds. The zero-order valence-electron chi connectivity index (χ0n) is 14.6. The van der Waals surface area contributed by atoms with E-state index in [1.165, 1.54) is 0 Å². The second-order valence-electron chi connectivity index (χ2n) is 5.82. The molecule has 1 aliphatic rings. The third-order valence-corrected chi connectivity index (χ3v) is 4.04. The SMILES string of the molecule is COc1ccc(Oc2ccc(NC(=O)c3ccc4c(c3)OCO4)cc2)cc1. The van der Waals surface area contributed by atoms with Gasteiger partial charge in [-0.25, -0.2) is 0 Å². The number of methoxy groups -OCH3 is 1. The number of ether oxygens (including phenoxy) is 4. The highest BCUT2D eigenvalue weighted by atomic mass is 16.7. The molecular weight excluding hydrogens is 346 g/mol. The van der Waals surface area contributed by atoms with E-state index in [0.29, 0.717) is 34.2 Å². The highest BCUT2D eigenvalue weighted by Crippen LogP contribution is 2.32. The van der Waals surface area contributed by atoms with Crippen LogP contribution in [0.2, 0.25) is 0 Å². The minimum Gasteiger partial charge on any atom is -0.497 e. The molecule has 0 fully saturated rings. The van der Waals surface area contributed by atoms with Gasteiger partial charge in [-0.2, -0.15) is 0 Å². The van der Waals surface area contributed by atoms with Crippen LogP contribution in [0.1, 0.15) is 10.4 Å². The van der Waals surface area contributed by atoms with Crippen molar-refractivity contribution in [2.45, 2.75) is 0 Å². The van der Waals surface area contributed by atoms with E-state index in [9.17, 15) is 4.79 Å². The van der Waals surface area contributed by atoms with Crippen LogP contribution in [0.15, 0.2) is 66.7 Å². The van der Waals surface area contributed by atoms with E-state index >= 15 is 0 Å². The third-order valence-electron chi connectivity index (χ3n) is 4.04. The van der Waals surface area contributed by atoms with Crippen molar-refractivity contribution in [2.75, 3.05) is 19.2 Å². The Morgan fingerprint density at radius 2 is 1.48 bits per heavy atom. The summed E-state index contributed by atoms with van der Waals surface area (Å²) in [5.41, 5.74) is 1.16. The zero-order chi connectivity index (χ0) is 18.6. The average molecular weight is 363 g/mol. The summed E-state index contributed by atoms with van der Waals surface area (Å²) < 4.78 is 21.4. The molecular formula is C21H17NO5. The molecule has 136 valence electrons. The van der Waals surface area contributed by atoms with Gasteiger partial charge in [0.2, 0.25) is 6.79 Å². The van der Waals surface area contributed by atoms with Crippen molar-refractivity contribution in [1.82, 2.24) is 0 Å². The van der Waals surface area contributed by atoms with Gasteiger partial charge in [-0.3, -0.25) is 4.79 Å². The zero-order valence-corrected chi connectivity index (χ0v) is 14.6. The standard InChI is InChI=1S/C21H17NO5/c1-24-16-7-9-18(10-8-16)27-17-5-3-15(4-6-17)22-21(23)14-2-11-19-20(12-14)26-13-25-19/h2-12H,13H2,1H3,(H,22,23). The number of benzene rings is 3. The summed E-state index contributed by atoms with van der Waals surface area (Å²) in [5, 5.41) is 2.85. The van der Waals surface area contributed by atoms with Crippen molar-refractivity contribution in [3.63, 3.8) is 0 Å². The van der Waals surface area contributed by atoms with Gasteiger partial charge < -0.3 is 24.3 Å². The summed E-state index contributed by atoms with van der Waals surface area (Å²) >= 11 is 0. The first-order chi connectivity index (χ1) is 13.2. The van der Waals surface area contributed by atoms with E-state index in [1.54, 1.807) is 49.6 Å². The Labute approximate surface area is 156 Å². The van der Waals surface area contributed by atoms with Crippen molar-refractivity contribution in [1.29, 1.82) is 0 Å². The van der Waals surface area contributed by atoms with E-state index in [2.05, 4.69) is 5.32 Å². The lowest BCUT2D eigenvalue weighted by atomic mass is 10.2. The van der Waals surface area contributed by atoms with Crippen LogP contribution < -0.4 is 24.3 Å². The minimum atomic E-state index is -0.225. The van der Waals surface area contributed by atoms with Gasteiger partial charge in [0.15, 0.2) is 11.5 Å². The monoisotopic (exact) mass is 363 g/mol. The molecule has 0 spiro atoms. The summed E-state index contributed by atoms with van der Waals surface area (Å²) in [6.07, 6.45) is 0. The van der Waals surface area contributed by atoms with Crippen LogP contribution in [0.5, 0.6) is 28.7 Å². The fourth-order valence-corrected chi connectivity index (χ4v) is 2.63. The van der Waals surface area contributed by atoms with Gasteiger partial charge in [0.1, 0.15) is 17.2 Å². The summed E-state index contributed by atoms with van der Waals surface area (Å²) in [6.45, 7) is 0.177. The molecule has 0 radical (unpaired) electrons. The number of rotatable bonds is 5. The molecule has 27 heavy (non-hydrogen) atoms. The first kappa shape index (κ1) is 16.8. The molecule has 3 aromatic rings. The van der Waals surface area contributed by atoms with Crippen LogP contribution in [0.25, 0.3) is 0 Å². The average Bonchev–Trinajstić information content (AvgIpc) is 3.18. The highest BCUT2D eigenvalue weighted by molar-refractivity contribution is 6.04. The van der Waals surface area contributed by atoms with E-state index in [-0.39, 0.29) is 12.7 Å². The number of hydrogen-bond acceptors (Lipinski definition) is 5. The predicted octanol–water partition coefficient (Wildman–Crippen LogP) is 4.47. The normalized spacial score (nSPS) is 11.7. The van der Waals surface area contributed by atoms with Crippen molar-refractivity contribution in [2.24, 2.45) is 0 Å². The number of carbonyl (C=O) groups is 1. The van der Waals surface area contributed by atoms with Crippen molar-refractivity contribution in [3.8, 4) is 28.7 Å². The number of fused-ring (bicyclic) bond motifs is 1. The highest BCUT2D eigenvalue weighted by Gasteiger charge is 2.16. The maximum absolute atomic E-state index is 12.4. The molecule has 0 saturated carbocycles. The Kier molecular flexibility index (Phi) is 4.53. The fraction of sp³-hybridized carbons (Fsp3) is 0.0952. The number of amides is 1. The molecule has 1 aliphatic heterocycles. The lowest BCUT2D eigenvalue weighted by Gasteiger charge is -2.09. The number of anilines is 1. The fourth-order valence-electron chi connectivity index (χ4n) is 2.63. The quantitative estimate of drug-likeness (QED) is 0.725. The molecule has 0 saturated heterocycles. The molecule has 6 nitrogen and oxygen atoms in total. The summed E-state index contributed by atoms with van der Waals surface area (Å²) in [4.78, 5) is 12.4. The van der Waals surface area contributed by atoms with Gasteiger partial charge in [0.05, 0.1) is 7.11 Å². The van der Waals surface area contributed by atoms with Crippen molar-refractivity contribution < 1.29 is 23.7 Å². The molecule has 0 atom stereocenters. The van der Waals surface area contributed by atoms with Crippen LogP contribution in [0.4, 0.5) is 5.69 Å². The number of carbonyl (C=O) groups excluding carboxylic acids is 1. The van der Waals surface area contributed by atoms with Crippen LogP contribution in [0, 0.1) is 0 Å². The molecule has 4 rings (SSSR count). The molecule has 3 aromatic carbocycles. The molecule has 1 N–H and O–H groups in total. The van der Waals surface area contributed by atoms with E-state index < -0.39 is 0 Å². The largest absolute Gasteiger partial charge is 0.497 e. The summed E-state index contributed by atoms with van der Waals surface area (Å²) in [7, 11) is 1.62. The lowest BCUT2D eigenvalue weighted by Crippen LogP contribution is -2.11. The molecule has 0 aromatic heterocycles. The van der Waals surface area contributed by atoms with Gasteiger partial charge >= 0.3 is 0 Å². The lowest BCUT2D eigenvalue weighted by molar-refractivity contribution is 0.102. The second-order valence-corrected chi connectivity index (χ2v) is 5.82. The van der Waals surface area contributed by atoms with Crippen LogP contribution in [-0.2, 0) is 0 Å². The van der Waals surface area contributed by atoms with Gasteiger partial charge in [-0.15, -0.1) is 0 Å². The Morgan fingerprint density at radius 1 is 0.852 bits per heavy atom. The second kappa shape index (κ2) is 7.29. The van der Waals surface area contributed by atoms with Gasteiger partial charge in [-0.1, -0.05) is 0 Å². The Morgan fingerprint density at radius 3 is 2.19 bits per heavy atom. The van der Waals surface area contributed by atoms with Gasteiger partial charge in [0.25, 0.3) is 5.91 Å². The van der Waals surface area contributed by atoms with E-state index in [4.69, 9.17) is 18.9 Å². The van der Waals surface area contributed by atoms with E-state index in [1.807, 2.05) is 24.3 Å². The molecule has 0 bridgehead atoms. The Hall–Kier alpha value is -3.67. The topological polar surface area (TPSA) is 66.0 Å². The molecule has 1 heterocycles. The van der Waals surface area contributed by atoms with Crippen LogP contribution >= 0.6 is 0 Å². The first-order valence-corrected chi connectivity index (χ1v) is 8.34. The van der Waals surface area contributed by atoms with E-state index in [0.717, 1.165) is 5.75 Å². The minimum absolute atomic E-state index is 0.177. The summed E-state index contributed by atoms with van der Waals surface area (Å²) in [6, 6.07) is 19.5. The van der Waals surface area contributed by atoms with Gasteiger partial charge in [-0.05, 0) is 66.7 Å². The van der Waals surface area contributed by atoms with Gasteiger partial charge in [0, 0.05) is 11.3 Å². The molecule has 0 aliphatic carbocycles. The summed E-state index contributed by atoms with van der Waals surface area (Å²) in [5.74, 6) is 3.13. The maximum Gasteiger partial charge on any atom is 0.255 e. The maximum atomic E-state index is 12.4. The Bertz CT molecular complexity index is 951. The number of nitrogens with one attached hydrogen (secondary N) is 1. The Balaban J connectivity index is 1.40. The number of hydrogen-bond donors (Lipinski definition) is 1. The van der Waals surface area contributed by atoms with Crippen LogP contribution in [-0.4, -0.2) is 19.8 Å². The third kappa shape index (κ3) is 3.79. The smallest absolute Gasteiger partial charge is 0.255 e. The first-order valence-electron chi connectivity index (χ1n) is 8.34. The predicted molar refractivity (Wildman–Crippen MR) is 100 cm³/mol. The van der Waals surface area contributed by atoms with Crippen molar-refractivity contribution >= 4 is 11.6 Å². The molecule has 0 unspecified atom stereocenters. The van der Waals surface area contributed by atoms with Crippen molar-refractivity contribution in [3.05, 3.63) is 72.3 Å². The van der Waals surface area contributed by atoms with Crippen LogP contribution in [0.3, 0.4) is 0 Å². The molecule has 6 heteroatoms.